The maximum absolute atomic E-state index is 12.3. The van der Waals surface area contributed by atoms with Crippen molar-refractivity contribution in [3.8, 4) is 11.5 Å². The predicted octanol–water partition coefficient (Wildman–Crippen LogP) is 3.84. The molecule has 0 fully saturated rings. The number of ether oxygens (including phenoxy) is 2. The number of hydrogen-bond donors (Lipinski definition) is 2. The summed E-state index contributed by atoms with van der Waals surface area (Å²) in [6.07, 6.45) is 0. The minimum atomic E-state index is -0.444. The van der Waals surface area contributed by atoms with E-state index in [-0.39, 0.29) is 0 Å². The summed E-state index contributed by atoms with van der Waals surface area (Å²) >= 11 is 1.29. The van der Waals surface area contributed by atoms with Crippen molar-refractivity contribution in [3.63, 3.8) is 0 Å². The first-order valence-corrected chi connectivity index (χ1v) is 9.29. The number of hydrogen-bond acceptors (Lipinski definition) is 7. The van der Waals surface area contributed by atoms with Crippen LogP contribution in [0.25, 0.3) is 0 Å². The van der Waals surface area contributed by atoms with Gasteiger partial charge in [-0.05, 0) is 17.7 Å². The Balaban J connectivity index is 1.62. The maximum atomic E-state index is 12.3. The van der Waals surface area contributed by atoms with Crippen molar-refractivity contribution >= 4 is 33.3 Å². The summed E-state index contributed by atoms with van der Waals surface area (Å²) in [5, 5.41) is 14.7. The van der Waals surface area contributed by atoms with Crippen LogP contribution in [-0.2, 0) is 6.54 Å². The van der Waals surface area contributed by atoms with Gasteiger partial charge in [-0.3, -0.25) is 5.32 Å². The van der Waals surface area contributed by atoms with Crippen molar-refractivity contribution in [2.45, 2.75) is 6.54 Å². The average molecular weight is 399 g/mol. The van der Waals surface area contributed by atoms with Crippen molar-refractivity contribution in [2.24, 2.45) is 0 Å². The molecule has 0 spiro atoms. The van der Waals surface area contributed by atoms with Crippen LogP contribution in [0.5, 0.6) is 11.5 Å². The Hall–Kier alpha value is -3.33. The molecule has 8 nitrogen and oxygen atoms in total. The molecule has 1 heterocycles. The van der Waals surface area contributed by atoms with Gasteiger partial charge in [-0.1, -0.05) is 41.7 Å². The number of nitrogens with one attached hydrogen (secondary N) is 2. The molecule has 0 aliphatic carbocycles. The molecule has 0 aliphatic heterocycles. The van der Waals surface area contributed by atoms with Gasteiger partial charge in [-0.25, -0.2) is 4.79 Å². The second-order valence-corrected chi connectivity index (χ2v) is 6.83. The Labute approximate surface area is 167 Å². The lowest BCUT2D eigenvalue weighted by atomic mass is 10.2. The number of anilines is 3. The van der Waals surface area contributed by atoms with Crippen molar-refractivity contribution in [1.82, 2.24) is 10.2 Å². The van der Waals surface area contributed by atoms with E-state index in [0.717, 1.165) is 5.56 Å². The van der Waals surface area contributed by atoms with Gasteiger partial charge in [-0.2, -0.15) is 0 Å². The van der Waals surface area contributed by atoms with Crippen LogP contribution >= 0.6 is 11.3 Å². The van der Waals surface area contributed by atoms with Crippen LogP contribution in [0.1, 0.15) is 5.56 Å². The fourth-order valence-electron chi connectivity index (χ4n) is 2.51. The minimum Gasteiger partial charge on any atom is -0.497 e. The standard InChI is InChI=1S/C19H21N5O3S/c1-24(12-13-7-5-4-6-8-13)19-23-22-18(28-19)21-17(25)20-15-11-14(26-2)9-10-16(15)27-3/h4-11H,12H2,1-3H3,(H2,20,21,22,25). The Morgan fingerprint density at radius 2 is 1.86 bits per heavy atom. The summed E-state index contributed by atoms with van der Waals surface area (Å²) in [5.74, 6) is 1.13. The Morgan fingerprint density at radius 1 is 1.07 bits per heavy atom. The molecule has 28 heavy (non-hydrogen) atoms. The van der Waals surface area contributed by atoms with Gasteiger partial charge in [0.1, 0.15) is 11.5 Å². The van der Waals surface area contributed by atoms with Gasteiger partial charge < -0.3 is 19.7 Å². The van der Waals surface area contributed by atoms with E-state index in [0.29, 0.717) is 34.0 Å². The molecule has 3 rings (SSSR count). The highest BCUT2D eigenvalue weighted by molar-refractivity contribution is 7.19. The maximum Gasteiger partial charge on any atom is 0.325 e. The van der Waals surface area contributed by atoms with Gasteiger partial charge in [0.05, 0.1) is 19.9 Å². The molecule has 0 saturated carbocycles. The average Bonchev–Trinajstić information content (AvgIpc) is 3.17. The highest BCUT2D eigenvalue weighted by atomic mass is 32.1. The monoisotopic (exact) mass is 399 g/mol. The lowest BCUT2D eigenvalue weighted by Crippen LogP contribution is -2.19. The fraction of sp³-hybridized carbons (Fsp3) is 0.211. The van der Waals surface area contributed by atoms with Crippen LogP contribution in [0.3, 0.4) is 0 Å². The van der Waals surface area contributed by atoms with E-state index in [1.54, 1.807) is 25.3 Å². The number of urea groups is 1. The normalized spacial score (nSPS) is 10.2. The summed E-state index contributed by atoms with van der Waals surface area (Å²) in [7, 11) is 5.02. The number of carbonyl (C=O) groups excluding carboxylic acids is 1. The van der Waals surface area contributed by atoms with Crippen LogP contribution in [0.15, 0.2) is 48.5 Å². The molecule has 9 heteroatoms. The smallest absolute Gasteiger partial charge is 0.325 e. The lowest BCUT2D eigenvalue weighted by molar-refractivity contribution is 0.262. The molecule has 2 N–H and O–H groups in total. The first kappa shape index (κ1) is 19.4. The number of carbonyl (C=O) groups is 1. The number of benzene rings is 2. The molecular formula is C19H21N5O3S. The number of methoxy groups -OCH3 is 2. The number of rotatable bonds is 7. The molecule has 2 amide bonds. The quantitative estimate of drug-likeness (QED) is 0.628. The molecule has 0 aliphatic rings. The minimum absolute atomic E-state index is 0.397. The summed E-state index contributed by atoms with van der Waals surface area (Å²) in [6.45, 7) is 0.697. The van der Waals surface area contributed by atoms with Crippen LogP contribution in [0, 0.1) is 0 Å². The third kappa shape index (κ3) is 4.89. The summed E-state index contributed by atoms with van der Waals surface area (Å²) < 4.78 is 10.4. The molecule has 0 bridgehead atoms. The zero-order valence-electron chi connectivity index (χ0n) is 15.8. The van der Waals surface area contributed by atoms with Crippen LogP contribution in [0.4, 0.5) is 20.7 Å². The third-order valence-corrected chi connectivity index (χ3v) is 4.83. The van der Waals surface area contributed by atoms with Crippen LogP contribution in [-0.4, -0.2) is 37.5 Å². The van der Waals surface area contributed by atoms with Crippen LogP contribution in [0.2, 0.25) is 0 Å². The van der Waals surface area contributed by atoms with Crippen molar-refractivity contribution in [2.75, 3.05) is 36.8 Å². The molecule has 1 aromatic heterocycles. The van der Waals surface area contributed by atoms with E-state index in [1.165, 1.54) is 18.4 Å². The van der Waals surface area contributed by atoms with Gasteiger partial charge >= 0.3 is 6.03 Å². The lowest BCUT2D eigenvalue weighted by Gasteiger charge is -2.14. The number of nitrogens with zero attached hydrogens (tertiary/aromatic N) is 3. The summed E-state index contributed by atoms with van der Waals surface area (Å²) in [5.41, 5.74) is 1.66. The highest BCUT2D eigenvalue weighted by Gasteiger charge is 2.13. The molecule has 2 aromatic carbocycles. The SMILES string of the molecule is COc1ccc(OC)c(NC(=O)Nc2nnc(N(C)Cc3ccccc3)s2)c1. The van der Waals surface area contributed by atoms with Crippen molar-refractivity contribution in [1.29, 1.82) is 0 Å². The molecule has 0 atom stereocenters. The van der Waals surface area contributed by atoms with Gasteiger partial charge in [0.2, 0.25) is 10.3 Å². The zero-order chi connectivity index (χ0) is 19.9. The molecular weight excluding hydrogens is 378 g/mol. The second-order valence-electron chi connectivity index (χ2n) is 5.88. The highest BCUT2D eigenvalue weighted by Crippen LogP contribution is 2.29. The van der Waals surface area contributed by atoms with E-state index < -0.39 is 6.03 Å². The Kier molecular flexibility index (Phi) is 6.28. The second kappa shape index (κ2) is 9.05. The van der Waals surface area contributed by atoms with E-state index in [1.807, 2.05) is 42.3 Å². The van der Waals surface area contributed by atoms with E-state index >= 15 is 0 Å². The topological polar surface area (TPSA) is 88.6 Å². The van der Waals surface area contributed by atoms with Gasteiger partial charge in [0.15, 0.2) is 0 Å². The molecule has 3 aromatic rings. The largest absolute Gasteiger partial charge is 0.497 e. The molecule has 0 radical (unpaired) electrons. The van der Waals surface area contributed by atoms with Gasteiger partial charge in [-0.15, -0.1) is 10.2 Å². The Bertz CT molecular complexity index is 932. The first-order valence-electron chi connectivity index (χ1n) is 8.47. The molecule has 0 unspecified atom stereocenters. The molecule has 0 saturated heterocycles. The zero-order valence-corrected chi connectivity index (χ0v) is 16.6. The summed E-state index contributed by atoms with van der Waals surface area (Å²) in [6, 6.07) is 14.8. The predicted molar refractivity (Wildman–Crippen MR) is 111 cm³/mol. The third-order valence-electron chi connectivity index (χ3n) is 3.88. The van der Waals surface area contributed by atoms with E-state index in [2.05, 4.69) is 20.8 Å². The van der Waals surface area contributed by atoms with Crippen molar-refractivity contribution < 1.29 is 14.3 Å². The molecule has 146 valence electrons. The fourth-order valence-corrected chi connectivity index (χ4v) is 3.21. The van der Waals surface area contributed by atoms with Crippen LogP contribution < -0.4 is 25.0 Å². The summed E-state index contributed by atoms with van der Waals surface area (Å²) in [4.78, 5) is 14.3. The Morgan fingerprint density at radius 3 is 2.57 bits per heavy atom. The van der Waals surface area contributed by atoms with E-state index in [4.69, 9.17) is 9.47 Å². The van der Waals surface area contributed by atoms with E-state index in [9.17, 15) is 4.79 Å². The van der Waals surface area contributed by atoms with Gasteiger partial charge in [0, 0.05) is 19.7 Å². The number of aromatic nitrogens is 2. The first-order chi connectivity index (χ1) is 13.6. The van der Waals surface area contributed by atoms with Gasteiger partial charge in [0.25, 0.3) is 0 Å². The van der Waals surface area contributed by atoms with Crippen molar-refractivity contribution in [3.05, 3.63) is 54.1 Å². The number of amides is 2.